The zero-order valence-corrected chi connectivity index (χ0v) is 12.8. The van der Waals surface area contributed by atoms with E-state index in [2.05, 4.69) is 15.3 Å². The van der Waals surface area contributed by atoms with Gasteiger partial charge < -0.3 is 9.73 Å². The van der Waals surface area contributed by atoms with Crippen LogP contribution in [-0.4, -0.2) is 22.4 Å². The van der Waals surface area contributed by atoms with Crippen LogP contribution in [0.3, 0.4) is 0 Å². The van der Waals surface area contributed by atoms with Gasteiger partial charge in [-0.3, -0.25) is 4.79 Å². The predicted octanol–water partition coefficient (Wildman–Crippen LogP) is 2.67. The third kappa shape index (κ3) is 3.66. The molecule has 1 amide bonds. The van der Waals surface area contributed by atoms with Gasteiger partial charge >= 0.3 is 0 Å². The molecule has 1 N–H and O–H groups in total. The quantitative estimate of drug-likeness (QED) is 0.831. The van der Waals surface area contributed by atoms with Crippen molar-refractivity contribution in [1.29, 1.82) is 0 Å². The molecule has 6 heteroatoms. The first-order valence-electron chi connectivity index (χ1n) is 6.75. The van der Waals surface area contributed by atoms with E-state index in [4.69, 9.17) is 4.42 Å². The molecule has 2 aromatic heterocycles. The van der Waals surface area contributed by atoms with Gasteiger partial charge in [0.15, 0.2) is 5.89 Å². The third-order valence-electron chi connectivity index (χ3n) is 2.87. The van der Waals surface area contributed by atoms with Crippen molar-refractivity contribution in [3.63, 3.8) is 0 Å². The zero-order chi connectivity index (χ0) is 14.5. The van der Waals surface area contributed by atoms with E-state index in [0.29, 0.717) is 30.3 Å². The number of aromatic nitrogens is 2. The second kappa shape index (κ2) is 6.65. The van der Waals surface area contributed by atoms with Crippen molar-refractivity contribution in [2.45, 2.75) is 40.0 Å². The number of oxazole rings is 1. The second-order valence-electron chi connectivity index (χ2n) is 4.62. The minimum Gasteiger partial charge on any atom is -0.435 e. The lowest BCUT2D eigenvalue weighted by Crippen LogP contribution is -2.25. The van der Waals surface area contributed by atoms with Crippen molar-refractivity contribution >= 4 is 17.2 Å². The highest BCUT2D eigenvalue weighted by molar-refractivity contribution is 7.09. The van der Waals surface area contributed by atoms with E-state index in [9.17, 15) is 4.79 Å². The van der Waals surface area contributed by atoms with Gasteiger partial charge in [0.25, 0.3) is 5.91 Å². The Morgan fingerprint density at radius 1 is 1.40 bits per heavy atom. The Labute approximate surface area is 122 Å². The Balaban J connectivity index is 1.78. The normalized spacial score (nSPS) is 10.8. The van der Waals surface area contributed by atoms with E-state index in [0.717, 1.165) is 23.5 Å². The molecule has 0 aliphatic heterocycles. The molecule has 20 heavy (non-hydrogen) atoms. The Hall–Kier alpha value is -1.69. The lowest BCUT2D eigenvalue weighted by Gasteiger charge is -2.02. The Morgan fingerprint density at radius 2 is 2.20 bits per heavy atom. The van der Waals surface area contributed by atoms with Crippen molar-refractivity contribution in [2.24, 2.45) is 0 Å². The lowest BCUT2D eigenvalue weighted by atomic mass is 10.3. The van der Waals surface area contributed by atoms with Crippen LogP contribution in [0.5, 0.6) is 0 Å². The number of carbonyl (C=O) groups excluding carboxylic acids is 1. The van der Waals surface area contributed by atoms with Gasteiger partial charge in [-0.15, -0.1) is 11.3 Å². The average Bonchev–Trinajstić information content (AvgIpc) is 3.00. The maximum atomic E-state index is 12.0. The molecular formula is C14H19N3O2S. The summed E-state index contributed by atoms with van der Waals surface area (Å²) in [5, 5.41) is 6.01. The Bertz CT molecular complexity index is 589. The predicted molar refractivity (Wildman–Crippen MR) is 78.1 cm³/mol. The van der Waals surface area contributed by atoms with Crippen molar-refractivity contribution in [2.75, 3.05) is 6.54 Å². The molecule has 0 saturated heterocycles. The molecule has 0 fully saturated rings. The van der Waals surface area contributed by atoms with E-state index in [1.54, 1.807) is 18.3 Å². The van der Waals surface area contributed by atoms with Gasteiger partial charge in [0.1, 0.15) is 0 Å². The minimum atomic E-state index is -0.190. The number of nitrogens with one attached hydrogen (secondary N) is 1. The number of hydrogen-bond acceptors (Lipinski definition) is 5. The highest BCUT2D eigenvalue weighted by Gasteiger charge is 2.15. The first-order chi connectivity index (χ1) is 9.60. The first kappa shape index (κ1) is 14.7. The van der Waals surface area contributed by atoms with E-state index in [1.807, 2.05) is 19.2 Å². The van der Waals surface area contributed by atoms with Gasteiger partial charge in [0.2, 0.25) is 5.76 Å². The number of aryl methyl sites for hydroxylation is 4. The van der Waals surface area contributed by atoms with Crippen LogP contribution in [0.4, 0.5) is 0 Å². The van der Waals surface area contributed by atoms with Crippen LogP contribution in [0.15, 0.2) is 9.80 Å². The van der Waals surface area contributed by atoms with Crippen molar-refractivity contribution in [3.05, 3.63) is 33.4 Å². The van der Waals surface area contributed by atoms with Crippen molar-refractivity contribution in [1.82, 2.24) is 15.3 Å². The molecular weight excluding hydrogens is 274 g/mol. The number of hydrogen-bond donors (Lipinski definition) is 1. The smallest absolute Gasteiger partial charge is 0.289 e. The van der Waals surface area contributed by atoms with Gasteiger partial charge in [-0.2, -0.15) is 0 Å². The number of carbonyl (C=O) groups is 1. The summed E-state index contributed by atoms with van der Waals surface area (Å²) in [6.07, 6.45) is 2.44. The summed E-state index contributed by atoms with van der Waals surface area (Å²) in [5.41, 5.74) is 1.70. The minimum absolute atomic E-state index is 0.190. The largest absolute Gasteiger partial charge is 0.435 e. The molecule has 0 radical (unpaired) electrons. The van der Waals surface area contributed by atoms with Crippen molar-refractivity contribution in [3.8, 4) is 0 Å². The number of rotatable bonds is 6. The Kier molecular flexibility index (Phi) is 4.89. The molecule has 0 atom stereocenters. The first-order valence-corrected chi connectivity index (χ1v) is 7.63. The summed E-state index contributed by atoms with van der Waals surface area (Å²) >= 11 is 1.66. The molecule has 0 aliphatic rings. The highest BCUT2D eigenvalue weighted by Crippen LogP contribution is 2.12. The van der Waals surface area contributed by atoms with E-state index in [-0.39, 0.29) is 5.91 Å². The molecule has 2 aromatic rings. The highest BCUT2D eigenvalue weighted by atomic mass is 32.1. The van der Waals surface area contributed by atoms with Crippen LogP contribution < -0.4 is 5.32 Å². The molecule has 0 unspecified atom stereocenters. The summed E-state index contributed by atoms with van der Waals surface area (Å²) in [6.45, 7) is 6.33. The summed E-state index contributed by atoms with van der Waals surface area (Å²) in [6, 6.07) is 0. The number of nitrogens with zero attached hydrogens (tertiary/aromatic N) is 2. The second-order valence-corrected chi connectivity index (χ2v) is 5.56. The average molecular weight is 293 g/mol. The van der Waals surface area contributed by atoms with Crippen molar-refractivity contribution < 1.29 is 9.21 Å². The number of amides is 1. The zero-order valence-electron chi connectivity index (χ0n) is 12.0. The number of thiazole rings is 1. The van der Waals surface area contributed by atoms with Gasteiger partial charge in [-0.05, 0) is 20.3 Å². The molecule has 2 rings (SSSR count). The molecule has 0 bridgehead atoms. The molecule has 0 aromatic carbocycles. The van der Waals surface area contributed by atoms with Crippen LogP contribution in [0, 0.1) is 13.8 Å². The molecule has 0 saturated carbocycles. The molecule has 108 valence electrons. The van der Waals surface area contributed by atoms with Gasteiger partial charge in [-0.25, -0.2) is 9.97 Å². The fraction of sp³-hybridized carbons (Fsp3) is 0.500. The monoisotopic (exact) mass is 293 g/mol. The van der Waals surface area contributed by atoms with Crippen LogP contribution in [0.25, 0.3) is 0 Å². The summed E-state index contributed by atoms with van der Waals surface area (Å²) < 4.78 is 5.41. The summed E-state index contributed by atoms with van der Waals surface area (Å²) in [7, 11) is 0. The third-order valence-corrected chi connectivity index (χ3v) is 3.90. The molecule has 2 heterocycles. The molecule has 0 aliphatic carbocycles. The van der Waals surface area contributed by atoms with E-state index < -0.39 is 0 Å². The topological polar surface area (TPSA) is 68.0 Å². The van der Waals surface area contributed by atoms with Gasteiger partial charge in [-0.1, -0.05) is 6.92 Å². The SMILES string of the molecule is CCc1nc(C)c(C(=O)NCCCc2nc(C)cs2)o1. The van der Waals surface area contributed by atoms with Gasteiger partial charge in [0, 0.05) is 30.5 Å². The van der Waals surface area contributed by atoms with Crippen LogP contribution in [0.2, 0.25) is 0 Å². The van der Waals surface area contributed by atoms with Gasteiger partial charge in [0.05, 0.1) is 10.7 Å². The molecule has 0 spiro atoms. The fourth-order valence-electron chi connectivity index (χ4n) is 1.85. The maximum absolute atomic E-state index is 12.0. The van der Waals surface area contributed by atoms with Crippen LogP contribution in [-0.2, 0) is 12.8 Å². The summed E-state index contributed by atoms with van der Waals surface area (Å²) in [4.78, 5) is 20.5. The van der Waals surface area contributed by atoms with Crippen LogP contribution in [0.1, 0.15) is 46.2 Å². The molecule has 5 nitrogen and oxygen atoms in total. The standard InChI is InChI=1S/C14H19N3O2S/c1-4-11-17-10(3)13(19-11)14(18)15-7-5-6-12-16-9(2)8-20-12/h8H,4-7H2,1-3H3,(H,15,18). The fourth-order valence-corrected chi connectivity index (χ4v) is 2.67. The van der Waals surface area contributed by atoms with E-state index >= 15 is 0 Å². The maximum Gasteiger partial charge on any atom is 0.289 e. The Morgan fingerprint density at radius 3 is 2.80 bits per heavy atom. The van der Waals surface area contributed by atoms with E-state index in [1.165, 1.54) is 0 Å². The summed E-state index contributed by atoms with van der Waals surface area (Å²) in [5.74, 6) is 0.739. The lowest BCUT2D eigenvalue weighted by molar-refractivity contribution is 0.0923. The van der Waals surface area contributed by atoms with Crippen LogP contribution >= 0.6 is 11.3 Å².